The van der Waals surface area contributed by atoms with Crippen LogP contribution in [0.2, 0.25) is 0 Å². The average molecular weight is 310 g/mol. The van der Waals surface area contributed by atoms with E-state index in [1.54, 1.807) is 0 Å². The second-order valence-corrected chi connectivity index (χ2v) is 6.05. The van der Waals surface area contributed by atoms with Gasteiger partial charge in [0.25, 0.3) is 0 Å². The van der Waals surface area contributed by atoms with Gasteiger partial charge in [0, 0.05) is 17.4 Å². The van der Waals surface area contributed by atoms with E-state index in [9.17, 15) is 4.79 Å². The first-order valence-electron chi connectivity index (χ1n) is 8.07. The summed E-state index contributed by atoms with van der Waals surface area (Å²) in [4.78, 5) is 11.3. The first-order valence-corrected chi connectivity index (χ1v) is 8.07. The minimum atomic E-state index is -0.501. The Kier molecular flexibility index (Phi) is 4.93. The largest absolute Gasteiger partial charge is 0.387 e. The molecular weight excluding hydrogens is 288 g/mol. The van der Waals surface area contributed by atoms with Crippen molar-refractivity contribution in [1.82, 2.24) is 0 Å². The normalized spacial score (nSPS) is 20.2. The summed E-state index contributed by atoms with van der Waals surface area (Å²) in [6.07, 6.45) is 3.46. The van der Waals surface area contributed by atoms with Crippen LogP contribution in [0.1, 0.15) is 30.7 Å². The Bertz CT molecular complexity index is 657. The highest BCUT2D eigenvalue weighted by Crippen LogP contribution is 2.35. The van der Waals surface area contributed by atoms with Crippen molar-refractivity contribution in [2.75, 3.05) is 17.2 Å². The van der Waals surface area contributed by atoms with Gasteiger partial charge in [-0.15, -0.1) is 0 Å². The van der Waals surface area contributed by atoms with E-state index in [2.05, 4.69) is 41.0 Å². The summed E-state index contributed by atoms with van der Waals surface area (Å²) in [5, 5.41) is 15.0. The van der Waals surface area contributed by atoms with E-state index in [0.717, 1.165) is 18.5 Å². The summed E-state index contributed by atoms with van der Waals surface area (Å²) in [7, 11) is 0. The summed E-state index contributed by atoms with van der Waals surface area (Å²) < 4.78 is 0. The number of aliphatic hydroxyl groups excluding tert-OH is 1. The molecule has 0 unspecified atom stereocenters. The second-order valence-electron chi connectivity index (χ2n) is 6.05. The molecule has 2 aromatic carbocycles. The lowest BCUT2D eigenvalue weighted by molar-refractivity contribution is -0.118. The minimum absolute atomic E-state index is 0.396. The molecule has 1 aliphatic carbocycles. The van der Waals surface area contributed by atoms with Crippen LogP contribution in [0.5, 0.6) is 0 Å². The maximum absolute atomic E-state index is 11.3. The van der Waals surface area contributed by atoms with Crippen LogP contribution in [-0.2, 0) is 4.79 Å². The van der Waals surface area contributed by atoms with E-state index in [4.69, 9.17) is 5.11 Å². The number of amides is 1. The van der Waals surface area contributed by atoms with Crippen LogP contribution >= 0.6 is 0 Å². The van der Waals surface area contributed by atoms with Crippen LogP contribution in [-0.4, -0.2) is 23.7 Å². The van der Waals surface area contributed by atoms with E-state index in [1.807, 2.05) is 24.3 Å². The van der Waals surface area contributed by atoms with Crippen molar-refractivity contribution in [2.24, 2.45) is 0 Å². The molecule has 1 fully saturated rings. The number of carbonyl (C=O) groups excluding carboxylic acids is 1. The van der Waals surface area contributed by atoms with Gasteiger partial charge >= 0.3 is 0 Å². The van der Waals surface area contributed by atoms with Gasteiger partial charge in [-0.2, -0.15) is 0 Å². The third kappa shape index (κ3) is 4.11. The zero-order valence-corrected chi connectivity index (χ0v) is 13.0. The molecule has 120 valence electrons. The Morgan fingerprint density at radius 1 is 1.04 bits per heavy atom. The summed E-state index contributed by atoms with van der Waals surface area (Å²) in [5.41, 5.74) is 3.12. The summed E-state index contributed by atoms with van der Waals surface area (Å²) in [5.74, 6) is 0.220. The first-order chi connectivity index (χ1) is 11.2. The van der Waals surface area contributed by atoms with Gasteiger partial charge in [0.15, 0.2) is 0 Å². The Hall–Kier alpha value is -2.33. The van der Waals surface area contributed by atoms with Crippen molar-refractivity contribution in [1.29, 1.82) is 0 Å². The molecule has 0 spiro atoms. The Morgan fingerprint density at radius 2 is 1.83 bits per heavy atom. The molecule has 0 bridgehead atoms. The van der Waals surface area contributed by atoms with Gasteiger partial charge in [0.05, 0.1) is 0 Å². The van der Waals surface area contributed by atoms with E-state index in [0.29, 0.717) is 17.6 Å². The molecule has 23 heavy (non-hydrogen) atoms. The molecule has 4 heteroatoms. The van der Waals surface area contributed by atoms with E-state index < -0.39 is 12.5 Å². The molecule has 2 atom stereocenters. The highest BCUT2D eigenvalue weighted by molar-refractivity contribution is 5.91. The topological polar surface area (TPSA) is 61.4 Å². The fraction of sp³-hybridized carbons (Fsp3) is 0.316. The molecule has 0 aromatic heterocycles. The van der Waals surface area contributed by atoms with Crippen molar-refractivity contribution in [3.05, 3.63) is 60.2 Å². The number of nitrogens with one attached hydrogen (secondary N) is 2. The quantitative estimate of drug-likeness (QED) is 0.793. The standard InChI is InChI=1S/C19H22N2O2/c22-13-19(23)21-17-8-4-7-16(12-17)20-18-10-9-15(11-18)14-5-2-1-3-6-14/h1-8,12,15,18,20,22H,9-11,13H2,(H,21,23)/t15-,18-/m1/s1. The van der Waals surface area contributed by atoms with Crippen LogP contribution in [0, 0.1) is 0 Å². The summed E-state index contributed by atoms with van der Waals surface area (Å²) in [6, 6.07) is 18.8. The van der Waals surface area contributed by atoms with Crippen LogP contribution in [0.15, 0.2) is 54.6 Å². The molecular formula is C19H22N2O2. The molecule has 2 aromatic rings. The molecule has 1 amide bonds. The number of hydrogen-bond donors (Lipinski definition) is 3. The van der Waals surface area contributed by atoms with Crippen molar-refractivity contribution in [3.63, 3.8) is 0 Å². The molecule has 1 aliphatic rings. The Balaban J connectivity index is 1.60. The maximum atomic E-state index is 11.3. The first kappa shape index (κ1) is 15.6. The fourth-order valence-electron chi connectivity index (χ4n) is 3.26. The van der Waals surface area contributed by atoms with Crippen molar-refractivity contribution in [3.8, 4) is 0 Å². The molecule has 1 saturated carbocycles. The third-order valence-electron chi connectivity index (χ3n) is 4.36. The van der Waals surface area contributed by atoms with Gasteiger partial charge in [-0.05, 0) is 48.9 Å². The lowest BCUT2D eigenvalue weighted by Crippen LogP contribution is -2.17. The maximum Gasteiger partial charge on any atom is 0.250 e. The van der Waals surface area contributed by atoms with Gasteiger partial charge in [0.2, 0.25) is 5.91 Å². The molecule has 0 radical (unpaired) electrons. The summed E-state index contributed by atoms with van der Waals surface area (Å²) >= 11 is 0. The third-order valence-corrected chi connectivity index (χ3v) is 4.36. The van der Waals surface area contributed by atoms with Crippen LogP contribution in [0.3, 0.4) is 0 Å². The Labute approximate surface area is 136 Å². The highest BCUT2D eigenvalue weighted by atomic mass is 16.3. The van der Waals surface area contributed by atoms with Gasteiger partial charge in [-0.25, -0.2) is 0 Å². The second kappa shape index (κ2) is 7.29. The fourth-order valence-corrected chi connectivity index (χ4v) is 3.26. The van der Waals surface area contributed by atoms with Crippen molar-refractivity contribution >= 4 is 17.3 Å². The van der Waals surface area contributed by atoms with Gasteiger partial charge in [-0.3, -0.25) is 4.79 Å². The number of carbonyl (C=O) groups is 1. The molecule has 0 saturated heterocycles. The predicted octanol–water partition coefficient (Wildman–Crippen LogP) is 3.37. The molecule has 0 heterocycles. The van der Waals surface area contributed by atoms with Crippen molar-refractivity contribution in [2.45, 2.75) is 31.2 Å². The van der Waals surface area contributed by atoms with Gasteiger partial charge in [0.1, 0.15) is 6.61 Å². The molecule has 3 rings (SSSR count). The average Bonchev–Trinajstić information content (AvgIpc) is 3.04. The number of aliphatic hydroxyl groups is 1. The summed E-state index contributed by atoms with van der Waals surface area (Å²) in [6.45, 7) is -0.501. The predicted molar refractivity (Wildman–Crippen MR) is 92.6 cm³/mol. The monoisotopic (exact) mass is 310 g/mol. The molecule has 4 nitrogen and oxygen atoms in total. The van der Waals surface area contributed by atoms with Crippen LogP contribution < -0.4 is 10.6 Å². The molecule has 0 aliphatic heterocycles. The lowest BCUT2D eigenvalue weighted by Gasteiger charge is -2.16. The number of anilines is 2. The van der Waals surface area contributed by atoms with E-state index in [1.165, 1.54) is 12.0 Å². The minimum Gasteiger partial charge on any atom is -0.387 e. The van der Waals surface area contributed by atoms with Gasteiger partial charge < -0.3 is 15.7 Å². The number of benzene rings is 2. The zero-order valence-electron chi connectivity index (χ0n) is 13.0. The van der Waals surface area contributed by atoms with Crippen LogP contribution in [0.25, 0.3) is 0 Å². The Morgan fingerprint density at radius 3 is 2.61 bits per heavy atom. The molecule has 3 N–H and O–H groups in total. The lowest BCUT2D eigenvalue weighted by atomic mass is 9.98. The highest BCUT2D eigenvalue weighted by Gasteiger charge is 2.25. The van der Waals surface area contributed by atoms with E-state index in [-0.39, 0.29) is 0 Å². The zero-order chi connectivity index (χ0) is 16.1. The van der Waals surface area contributed by atoms with Crippen LogP contribution in [0.4, 0.5) is 11.4 Å². The van der Waals surface area contributed by atoms with E-state index >= 15 is 0 Å². The van der Waals surface area contributed by atoms with Crippen molar-refractivity contribution < 1.29 is 9.90 Å². The van der Waals surface area contributed by atoms with Gasteiger partial charge in [-0.1, -0.05) is 36.4 Å². The number of rotatable bonds is 5. The SMILES string of the molecule is O=C(CO)Nc1cccc(N[C@@H]2CC[C@@H](c3ccccc3)C2)c1. The number of hydrogen-bond acceptors (Lipinski definition) is 3. The smallest absolute Gasteiger partial charge is 0.250 e.